The van der Waals surface area contributed by atoms with Crippen LogP contribution in [0.15, 0.2) is 66.7 Å². The van der Waals surface area contributed by atoms with Crippen molar-refractivity contribution in [3.63, 3.8) is 0 Å². The van der Waals surface area contributed by atoms with Crippen molar-refractivity contribution in [1.82, 2.24) is 0 Å². The topological polar surface area (TPSA) is 72.8 Å². The first-order valence-corrected chi connectivity index (χ1v) is 9.13. The summed E-state index contributed by atoms with van der Waals surface area (Å²) in [5.74, 6) is -0.353. The molecule has 0 fully saturated rings. The number of hydrogen-bond acceptors (Lipinski definition) is 5. The van der Waals surface area contributed by atoms with E-state index in [1.54, 1.807) is 30.7 Å². The van der Waals surface area contributed by atoms with Crippen LogP contribution in [0.4, 0.5) is 0 Å². The van der Waals surface area contributed by atoms with Crippen LogP contribution >= 0.6 is 31.9 Å². The van der Waals surface area contributed by atoms with Gasteiger partial charge in [-0.15, -0.1) is 0 Å². The molecule has 0 aliphatic carbocycles. The van der Waals surface area contributed by atoms with Crippen molar-refractivity contribution in [2.45, 2.75) is 6.61 Å². The number of fused-ring (bicyclic) bond motifs is 2. The van der Waals surface area contributed by atoms with Crippen molar-refractivity contribution < 1.29 is 23.5 Å². The first-order valence-electron chi connectivity index (χ1n) is 7.55. The summed E-state index contributed by atoms with van der Waals surface area (Å²) in [5, 5.41) is 10.8. The molecule has 0 aliphatic heterocycles. The average molecular weight is 482 g/mol. The Morgan fingerprint density at radius 2 is 1.58 bits per heavy atom. The number of methoxy groups -OCH3 is 1. The van der Waals surface area contributed by atoms with Crippen LogP contribution in [-0.2, 0) is 11.3 Å². The number of hydrogen-bond donors (Lipinski definition) is 1. The highest BCUT2D eigenvalue weighted by atomic mass is 79.9. The number of rotatable bonds is 2. The molecule has 2 aromatic heterocycles. The second-order valence-corrected chi connectivity index (χ2v) is 7.07. The van der Waals surface area contributed by atoms with E-state index in [4.69, 9.17) is 13.9 Å². The Hall–Kier alpha value is -2.09. The molecule has 5 nitrogen and oxygen atoms in total. The molecule has 0 unspecified atom stereocenters. The van der Waals surface area contributed by atoms with Crippen LogP contribution < -0.4 is 0 Å². The monoisotopic (exact) mass is 480 g/mol. The first kappa shape index (κ1) is 18.7. The Morgan fingerprint density at radius 1 is 1.00 bits per heavy atom. The molecule has 134 valence electrons. The maximum Gasteiger partial charge on any atom is 0.337 e. The van der Waals surface area contributed by atoms with Gasteiger partial charge in [0, 0.05) is 10.8 Å². The van der Waals surface area contributed by atoms with Gasteiger partial charge < -0.3 is 18.7 Å². The third-order valence-electron chi connectivity index (χ3n) is 3.68. The van der Waals surface area contributed by atoms with Gasteiger partial charge >= 0.3 is 5.97 Å². The molecule has 0 aliphatic rings. The summed E-state index contributed by atoms with van der Waals surface area (Å²) in [6, 6.07) is 10.8. The second-order valence-electron chi connectivity index (χ2n) is 5.36. The van der Waals surface area contributed by atoms with Gasteiger partial charge in [0.1, 0.15) is 11.2 Å². The number of aliphatic hydroxyl groups excluding tert-OH is 1. The molecule has 0 amide bonds. The minimum Gasteiger partial charge on any atom is -0.465 e. The van der Waals surface area contributed by atoms with E-state index in [1.807, 2.05) is 18.2 Å². The van der Waals surface area contributed by atoms with E-state index in [1.165, 1.54) is 7.11 Å². The van der Waals surface area contributed by atoms with E-state index in [0.717, 1.165) is 36.4 Å². The number of carbonyl (C=O) groups excluding carboxylic acids is 1. The van der Waals surface area contributed by atoms with Crippen LogP contribution in [-0.4, -0.2) is 18.2 Å². The van der Waals surface area contributed by atoms with Crippen molar-refractivity contribution in [3.05, 3.63) is 69.0 Å². The average Bonchev–Trinajstić information content (AvgIpc) is 3.30. The van der Waals surface area contributed by atoms with Gasteiger partial charge in [-0.3, -0.25) is 0 Å². The quantitative estimate of drug-likeness (QED) is 0.373. The first-order chi connectivity index (χ1) is 12.5. The molecular formula is C19H14Br2O5. The number of esters is 1. The summed E-state index contributed by atoms with van der Waals surface area (Å²) in [4.78, 5) is 11.3. The smallest absolute Gasteiger partial charge is 0.337 e. The Bertz CT molecular complexity index is 1060. The van der Waals surface area contributed by atoms with Crippen molar-refractivity contribution in [2.24, 2.45) is 0 Å². The van der Waals surface area contributed by atoms with Crippen LogP contribution in [0.1, 0.15) is 15.9 Å². The molecule has 2 aromatic carbocycles. The van der Waals surface area contributed by atoms with Crippen molar-refractivity contribution in [1.29, 1.82) is 0 Å². The molecular weight excluding hydrogens is 468 g/mol. The van der Waals surface area contributed by atoms with E-state index in [2.05, 4.69) is 36.6 Å². The van der Waals surface area contributed by atoms with Crippen molar-refractivity contribution in [2.75, 3.05) is 7.11 Å². The summed E-state index contributed by atoms with van der Waals surface area (Å²) >= 11 is 6.69. The SMILES string of the molecule is COC(=O)c1cc(Br)c2occc2c1.OCc1cc(Br)c2occc2c1. The summed E-state index contributed by atoms with van der Waals surface area (Å²) in [7, 11) is 1.36. The Balaban J connectivity index is 0.000000152. The summed E-state index contributed by atoms with van der Waals surface area (Å²) in [6.07, 6.45) is 3.22. The zero-order valence-electron chi connectivity index (χ0n) is 13.7. The van der Waals surface area contributed by atoms with E-state index < -0.39 is 0 Å². The lowest BCUT2D eigenvalue weighted by Gasteiger charge is -2.00. The van der Waals surface area contributed by atoms with Gasteiger partial charge in [-0.1, -0.05) is 0 Å². The minimum absolute atomic E-state index is 0.0553. The molecule has 26 heavy (non-hydrogen) atoms. The van der Waals surface area contributed by atoms with Crippen LogP contribution in [0.25, 0.3) is 21.9 Å². The molecule has 0 saturated carbocycles. The Morgan fingerprint density at radius 3 is 2.15 bits per heavy atom. The standard InChI is InChI=1S/C10H7BrO3.C9H7BrO2/c1-13-10(12)7-4-6-2-3-14-9(6)8(11)5-7;10-8-4-6(5-11)3-7-1-2-12-9(7)8/h2-5H,1H3;1-4,11H,5H2. The van der Waals surface area contributed by atoms with Gasteiger partial charge in [-0.25, -0.2) is 4.79 Å². The lowest BCUT2D eigenvalue weighted by molar-refractivity contribution is 0.0601. The lowest BCUT2D eigenvalue weighted by Crippen LogP contribution is -2.00. The molecule has 0 saturated heterocycles. The number of carbonyl (C=O) groups is 1. The molecule has 0 spiro atoms. The second kappa shape index (κ2) is 8.07. The van der Waals surface area contributed by atoms with E-state index in [0.29, 0.717) is 5.56 Å². The van der Waals surface area contributed by atoms with Crippen molar-refractivity contribution in [3.8, 4) is 0 Å². The van der Waals surface area contributed by atoms with Crippen LogP contribution in [0.5, 0.6) is 0 Å². The summed E-state index contributed by atoms with van der Waals surface area (Å²) in [5.41, 5.74) is 2.95. The summed E-state index contributed by atoms with van der Waals surface area (Å²) in [6.45, 7) is 0.0553. The largest absolute Gasteiger partial charge is 0.465 e. The normalized spacial score (nSPS) is 10.6. The molecule has 0 radical (unpaired) electrons. The highest BCUT2D eigenvalue weighted by molar-refractivity contribution is 9.11. The van der Waals surface area contributed by atoms with E-state index in [-0.39, 0.29) is 12.6 Å². The third kappa shape index (κ3) is 3.85. The van der Waals surface area contributed by atoms with Gasteiger partial charge in [-0.05, 0) is 73.8 Å². The highest BCUT2D eigenvalue weighted by Gasteiger charge is 2.10. The number of aliphatic hydroxyl groups is 1. The van der Waals surface area contributed by atoms with E-state index >= 15 is 0 Å². The Labute approximate surface area is 165 Å². The van der Waals surface area contributed by atoms with Crippen LogP contribution in [0.3, 0.4) is 0 Å². The van der Waals surface area contributed by atoms with Gasteiger partial charge in [-0.2, -0.15) is 0 Å². The molecule has 0 bridgehead atoms. The van der Waals surface area contributed by atoms with Gasteiger partial charge in [0.05, 0.1) is 40.8 Å². The third-order valence-corrected chi connectivity index (χ3v) is 4.85. The molecule has 7 heteroatoms. The van der Waals surface area contributed by atoms with Gasteiger partial charge in [0.15, 0.2) is 0 Å². The van der Waals surface area contributed by atoms with Crippen molar-refractivity contribution >= 4 is 59.8 Å². The zero-order chi connectivity index (χ0) is 18.7. The number of furan rings is 2. The maximum atomic E-state index is 11.3. The number of halogens is 2. The molecule has 2 heterocycles. The summed E-state index contributed by atoms with van der Waals surface area (Å²) < 4.78 is 16.7. The van der Waals surface area contributed by atoms with E-state index in [9.17, 15) is 4.79 Å². The van der Waals surface area contributed by atoms with Gasteiger partial charge in [0.25, 0.3) is 0 Å². The minimum atomic E-state index is -0.353. The number of benzene rings is 2. The fourth-order valence-electron chi connectivity index (χ4n) is 2.46. The Kier molecular flexibility index (Phi) is 5.80. The van der Waals surface area contributed by atoms with Crippen LogP contribution in [0.2, 0.25) is 0 Å². The fourth-order valence-corrected chi connectivity index (χ4v) is 3.65. The predicted octanol–water partition coefficient (Wildman–Crippen LogP) is 5.67. The van der Waals surface area contributed by atoms with Gasteiger partial charge in [0.2, 0.25) is 0 Å². The zero-order valence-corrected chi connectivity index (χ0v) is 16.8. The molecule has 4 rings (SSSR count). The fraction of sp³-hybridized carbons (Fsp3) is 0.105. The number of ether oxygens (including phenoxy) is 1. The lowest BCUT2D eigenvalue weighted by atomic mass is 10.2. The van der Waals surface area contributed by atoms with Crippen LogP contribution in [0, 0.1) is 0 Å². The highest BCUT2D eigenvalue weighted by Crippen LogP contribution is 2.27. The molecule has 1 N–H and O–H groups in total. The molecule has 4 aromatic rings. The molecule has 0 atom stereocenters. The predicted molar refractivity (Wildman–Crippen MR) is 105 cm³/mol. The maximum absolute atomic E-state index is 11.3.